The maximum atomic E-state index is 13.4. The van der Waals surface area contributed by atoms with Gasteiger partial charge in [0.25, 0.3) is 0 Å². The Morgan fingerprint density at radius 1 is 1.07 bits per heavy atom. The van der Waals surface area contributed by atoms with E-state index in [4.69, 9.17) is 0 Å². The van der Waals surface area contributed by atoms with Crippen molar-refractivity contribution in [2.24, 2.45) is 22.7 Å². The number of carboxylic acid groups (broad SMARTS) is 1. The molecule has 4 rings (SSSR count). The highest BCUT2D eigenvalue weighted by Gasteiger charge is 2.62. The molecule has 4 nitrogen and oxygen atoms in total. The van der Waals surface area contributed by atoms with Gasteiger partial charge in [-0.25, -0.2) is 13.2 Å². The van der Waals surface area contributed by atoms with Crippen LogP contribution in [-0.4, -0.2) is 25.2 Å². The van der Waals surface area contributed by atoms with Gasteiger partial charge in [0, 0.05) is 0 Å². The number of fused-ring (bicyclic) bond motifs is 5. The standard InChI is InChI=1S/C23H32O4S/c1-14-11-15(20(24)25)19-16(12-14)28(26,27)13-18-22(4)9-6-8-21(2,3)17(22)7-10-23(18,19)5/h11-12,17-18H,6-10,13H2,1-5H3,(H,24,25)/t17-,18+,22-,23+/m0/s1. The largest absolute Gasteiger partial charge is 0.478 e. The molecule has 1 N–H and O–H groups in total. The van der Waals surface area contributed by atoms with Crippen LogP contribution in [0.2, 0.25) is 0 Å². The van der Waals surface area contributed by atoms with Gasteiger partial charge in [0.1, 0.15) is 0 Å². The number of sulfone groups is 1. The fraction of sp³-hybridized carbons (Fsp3) is 0.696. The second-order valence-corrected chi connectivity index (χ2v) is 12.7. The molecule has 1 aromatic carbocycles. The summed E-state index contributed by atoms with van der Waals surface area (Å²) in [6, 6.07) is 3.35. The minimum Gasteiger partial charge on any atom is -0.478 e. The lowest BCUT2D eigenvalue weighted by atomic mass is 9.42. The van der Waals surface area contributed by atoms with Gasteiger partial charge in [0.05, 0.1) is 16.2 Å². The molecule has 5 heteroatoms. The number of benzene rings is 1. The smallest absolute Gasteiger partial charge is 0.336 e. The van der Waals surface area contributed by atoms with E-state index in [-0.39, 0.29) is 33.0 Å². The van der Waals surface area contributed by atoms with Crippen LogP contribution in [-0.2, 0) is 15.3 Å². The highest BCUT2D eigenvalue weighted by molar-refractivity contribution is 7.91. The van der Waals surface area contributed by atoms with Crippen molar-refractivity contribution in [3.05, 3.63) is 28.8 Å². The van der Waals surface area contributed by atoms with Crippen molar-refractivity contribution in [2.45, 2.75) is 77.0 Å². The van der Waals surface area contributed by atoms with Gasteiger partial charge >= 0.3 is 5.97 Å². The maximum absolute atomic E-state index is 13.4. The summed E-state index contributed by atoms with van der Waals surface area (Å²) in [7, 11) is -3.52. The lowest BCUT2D eigenvalue weighted by Gasteiger charge is -2.64. The van der Waals surface area contributed by atoms with Crippen molar-refractivity contribution in [3.8, 4) is 0 Å². The molecule has 0 radical (unpaired) electrons. The lowest BCUT2D eigenvalue weighted by Crippen LogP contribution is -2.60. The number of hydrogen-bond acceptors (Lipinski definition) is 3. The van der Waals surface area contributed by atoms with E-state index in [1.807, 2.05) is 0 Å². The molecule has 0 bridgehead atoms. The summed E-state index contributed by atoms with van der Waals surface area (Å²) in [5.41, 5.74) is 1.15. The normalized spacial score (nSPS) is 38.0. The molecule has 2 saturated carbocycles. The predicted octanol–water partition coefficient (Wildman–Crippen LogP) is 4.98. The lowest BCUT2D eigenvalue weighted by molar-refractivity contribution is -0.0982. The molecular formula is C23H32O4S. The number of carbonyl (C=O) groups is 1. The molecule has 0 spiro atoms. The highest BCUT2D eigenvalue weighted by atomic mass is 32.2. The predicted molar refractivity (Wildman–Crippen MR) is 109 cm³/mol. The maximum Gasteiger partial charge on any atom is 0.336 e. The first kappa shape index (κ1) is 19.9. The number of aryl methyl sites for hydroxylation is 1. The van der Waals surface area contributed by atoms with E-state index >= 15 is 0 Å². The van der Waals surface area contributed by atoms with E-state index in [0.29, 0.717) is 17.0 Å². The van der Waals surface area contributed by atoms with Crippen LogP contribution >= 0.6 is 0 Å². The fourth-order valence-corrected chi connectivity index (χ4v) is 9.78. The van der Waals surface area contributed by atoms with Crippen LogP contribution in [0.3, 0.4) is 0 Å². The Balaban J connectivity index is 1.99. The average Bonchev–Trinajstić information content (AvgIpc) is 2.55. The first-order valence-electron chi connectivity index (χ1n) is 10.4. The first-order chi connectivity index (χ1) is 12.8. The molecule has 2 aliphatic carbocycles. The van der Waals surface area contributed by atoms with Crippen LogP contribution in [0, 0.1) is 29.6 Å². The zero-order valence-corrected chi connectivity index (χ0v) is 18.4. The summed E-state index contributed by atoms with van der Waals surface area (Å²) in [5.74, 6) is -0.450. The Kier molecular flexibility index (Phi) is 4.16. The van der Waals surface area contributed by atoms with Gasteiger partial charge in [0.2, 0.25) is 0 Å². The summed E-state index contributed by atoms with van der Waals surface area (Å²) in [6.45, 7) is 10.9. The van der Waals surface area contributed by atoms with Crippen LogP contribution in [0.4, 0.5) is 0 Å². The average molecular weight is 405 g/mol. The van der Waals surface area contributed by atoms with Crippen LogP contribution in [0.1, 0.15) is 81.3 Å². The van der Waals surface area contributed by atoms with Crippen molar-refractivity contribution in [2.75, 3.05) is 5.75 Å². The van der Waals surface area contributed by atoms with Crippen molar-refractivity contribution >= 4 is 15.8 Å². The van der Waals surface area contributed by atoms with E-state index in [1.54, 1.807) is 19.1 Å². The summed E-state index contributed by atoms with van der Waals surface area (Å²) in [5, 5.41) is 9.93. The first-order valence-corrected chi connectivity index (χ1v) is 12.1. The van der Waals surface area contributed by atoms with Crippen molar-refractivity contribution in [1.82, 2.24) is 0 Å². The van der Waals surface area contributed by atoms with Crippen LogP contribution in [0.25, 0.3) is 0 Å². The van der Waals surface area contributed by atoms with E-state index in [0.717, 1.165) is 25.7 Å². The molecule has 2 fully saturated rings. The molecule has 1 aromatic rings. The Labute approximate surface area is 168 Å². The third-order valence-corrected chi connectivity index (χ3v) is 10.3. The van der Waals surface area contributed by atoms with Gasteiger partial charge in [0.15, 0.2) is 9.84 Å². The molecule has 1 heterocycles. The summed E-state index contributed by atoms with van der Waals surface area (Å²) in [4.78, 5) is 12.4. The molecule has 3 aliphatic rings. The third-order valence-electron chi connectivity index (χ3n) is 8.56. The van der Waals surface area contributed by atoms with Crippen molar-refractivity contribution in [3.63, 3.8) is 0 Å². The number of hydrogen-bond donors (Lipinski definition) is 1. The van der Waals surface area contributed by atoms with Gasteiger partial charge in [-0.1, -0.05) is 34.1 Å². The van der Waals surface area contributed by atoms with E-state index < -0.39 is 21.2 Å². The van der Waals surface area contributed by atoms with E-state index in [1.165, 1.54) is 6.42 Å². The van der Waals surface area contributed by atoms with Crippen molar-refractivity contribution < 1.29 is 18.3 Å². The molecule has 4 atom stereocenters. The number of aromatic carboxylic acids is 1. The van der Waals surface area contributed by atoms with Crippen LogP contribution < -0.4 is 0 Å². The van der Waals surface area contributed by atoms with Gasteiger partial charge in [-0.15, -0.1) is 0 Å². The quantitative estimate of drug-likeness (QED) is 0.716. The molecule has 1 aliphatic heterocycles. The molecule has 0 aromatic heterocycles. The molecular weight excluding hydrogens is 372 g/mol. The van der Waals surface area contributed by atoms with E-state index in [9.17, 15) is 18.3 Å². The molecule has 0 unspecified atom stereocenters. The molecule has 28 heavy (non-hydrogen) atoms. The minimum atomic E-state index is -3.52. The summed E-state index contributed by atoms with van der Waals surface area (Å²) in [6.07, 6.45) is 5.20. The topological polar surface area (TPSA) is 71.4 Å². The van der Waals surface area contributed by atoms with Gasteiger partial charge in [-0.2, -0.15) is 0 Å². The van der Waals surface area contributed by atoms with Crippen LogP contribution in [0.5, 0.6) is 0 Å². The Hall–Kier alpha value is -1.36. The molecule has 154 valence electrons. The van der Waals surface area contributed by atoms with Crippen LogP contribution in [0.15, 0.2) is 17.0 Å². The fourth-order valence-electron chi connectivity index (χ4n) is 7.39. The Morgan fingerprint density at radius 2 is 1.75 bits per heavy atom. The SMILES string of the molecule is Cc1cc(C(=O)O)c2c(c1)S(=O)(=O)C[C@@H]1[C@@]3(C)CCCC(C)(C)[C@@H]3CC[C@@]21C. The molecule has 0 saturated heterocycles. The minimum absolute atomic E-state index is 0.0448. The Morgan fingerprint density at radius 3 is 2.39 bits per heavy atom. The van der Waals surface area contributed by atoms with Crippen molar-refractivity contribution in [1.29, 1.82) is 0 Å². The van der Waals surface area contributed by atoms with Gasteiger partial charge < -0.3 is 5.11 Å². The summed E-state index contributed by atoms with van der Waals surface area (Å²) >= 11 is 0. The second-order valence-electron chi connectivity index (χ2n) is 10.7. The third kappa shape index (κ3) is 2.54. The summed E-state index contributed by atoms with van der Waals surface area (Å²) < 4.78 is 26.8. The highest BCUT2D eigenvalue weighted by Crippen LogP contribution is 2.66. The number of rotatable bonds is 1. The van der Waals surface area contributed by atoms with Gasteiger partial charge in [-0.05, 0) is 83.9 Å². The Bertz CT molecular complexity index is 961. The zero-order valence-electron chi connectivity index (χ0n) is 17.6. The number of carboxylic acids is 1. The van der Waals surface area contributed by atoms with E-state index in [2.05, 4.69) is 27.7 Å². The van der Waals surface area contributed by atoms with Gasteiger partial charge in [-0.3, -0.25) is 0 Å². The zero-order chi connectivity index (χ0) is 20.7. The second kappa shape index (κ2) is 5.84. The molecule has 0 amide bonds. The monoisotopic (exact) mass is 404 g/mol.